The van der Waals surface area contributed by atoms with Crippen LogP contribution in [-0.2, 0) is 17.6 Å². The molecule has 21 heavy (non-hydrogen) atoms. The van der Waals surface area contributed by atoms with Crippen molar-refractivity contribution in [1.82, 2.24) is 5.32 Å². The molecule has 3 nitrogen and oxygen atoms in total. The van der Waals surface area contributed by atoms with Gasteiger partial charge in [0.2, 0.25) is 5.91 Å². The van der Waals surface area contributed by atoms with Crippen LogP contribution in [-0.4, -0.2) is 17.1 Å². The molecule has 0 fully saturated rings. The molecule has 0 heterocycles. The predicted octanol–water partition coefficient (Wildman–Crippen LogP) is 2.10. The number of fused-ring (bicyclic) bond motifs is 2. The van der Waals surface area contributed by atoms with Crippen molar-refractivity contribution < 1.29 is 9.90 Å². The van der Waals surface area contributed by atoms with E-state index >= 15 is 0 Å². The van der Waals surface area contributed by atoms with Crippen molar-refractivity contribution in [3.8, 4) is 0 Å². The highest BCUT2D eigenvalue weighted by Gasteiger charge is 2.37. The molecule has 0 aromatic heterocycles. The molecular formula is C18H17NO2. The number of amides is 1. The van der Waals surface area contributed by atoms with E-state index in [0.717, 1.165) is 23.1 Å². The second kappa shape index (κ2) is 4.71. The fraction of sp³-hybridized carbons (Fsp3) is 0.278. The molecule has 2 aliphatic rings. The lowest BCUT2D eigenvalue weighted by Gasteiger charge is -2.30. The van der Waals surface area contributed by atoms with Gasteiger partial charge in [-0.15, -0.1) is 0 Å². The van der Waals surface area contributed by atoms with Crippen LogP contribution in [0.1, 0.15) is 34.2 Å². The van der Waals surface area contributed by atoms with E-state index in [1.165, 1.54) is 5.56 Å². The molecule has 1 amide bonds. The van der Waals surface area contributed by atoms with Gasteiger partial charge in [-0.05, 0) is 28.7 Å². The van der Waals surface area contributed by atoms with Crippen LogP contribution in [0.3, 0.4) is 0 Å². The molecular weight excluding hydrogens is 262 g/mol. The third kappa shape index (κ3) is 1.96. The first kappa shape index (κ1) is 12.6. The van der Waals surface area contributed by atoms with Gasteiger partial charge in [0.25, 0.3) is 0 Å². The SMILES string of the molecule is O=C(NC1c2ccccc2CC1O)C1Cc2ccccc21. The van der Waals surface area contributed by atoms with Gasteiger partial charge in [-0.2, -0.15) is 0 Å². The lowest BCUT2D eigenvalue weighted by molar-refractivity contribution is -0.124. The fourth-order valence-corrected chi connectivity index (χ4v) is 3.49. The quantitative estimate of drug-likeness (QED) is 0.884. The lowest BCUT2D eigenvalue weighted by Crippen LogP contribution is -2.40. The molecule has 2 aromatic carbocycles. The zero-order valence-corrected chi connectivity index (χ0v) is 11.6. The molecule has 0 spiro atoms. The Morgan fingerprint density at radius 1 is 0.952 bits per heavy atom. The molecule has 106 valence electrons. The van der Waals surface area contributed by atoms with Crippen LogP contribution in [0.15, 0.2) is 48.5 Å². The van der Waals surface area contributed by atoms with E-state index in [2.05, 4.69) is 11.4 Å². The maximum absolute atomic E-state index is 12.5. The van der Waals surface area contributed by atoms with Gasteiger partial charge in [-0.1, -0.05) is 48.5 Å². The Labute approximate surface area is 123 Å². The highest BCUT2D eigenvalue weighted by molar-refractivity contribution is 5.87. The number of benzene rings is 2. The lowest BCUT2D eigenvalue weighted by atomic mass is 9.77. The summed E-state index contributed by atoms with van der Waals surface area (Å²) >= 11 is 0. The molecule has 0 bridgehead atoms. The zero-order chi connectivity index (χ0) is 14.4. The third-order valence-corrected chi connectivity index (χ3v) is 4.67. The average Bonchev–Trinajstić information content (AvgIpc) is 2.77. The summed E-state index contributed by atoms with van der Waals surface area (Å²) in [7, 11) is 0. The monoisotopic (exact) mass is 279 g/mol. The molecule has 0 radical (unpaired) electrons. The number of nitrogens with one attached hydrogen (secondary N) is 1. The second-order valence-electron chi connectivity index (χ2n) is 5.91. The second-order valence-corrected chi connectivity index (χ2v) is 5.91. The number of hydrogen-bond acceptors (Lipinski definition) is 2. The normalized spacial score (nSPS) is 25.7. The first-order valence-electron chi connectivity index (χ1n) is 7.38. The Bertz CT molecular complexity index is 710. The van der Waals surface area contributed by atoms with E-state index in [-0.39, 0.29) is 17.9 Å². The van der Waals surface area contributed by atoms with Crippen molar-refractivity contribution in [2.75, 3.05) is 0 Å². The summed E-state index contributed by atoms with van der Waals surface area (Å²) in [4.78, 5) is 12.5. The van der Waals surface area contributed by atoms with Crippen LogP contribution in [0.2, 0.25) is 0 Å². The van der Waals surface area contributed by atoms with Crippen molar-refractivity contribution in [3.63, 3.8) is 0 Å². The molecule has 0 saturated heterocycles. The number of carbonyl (C=O) groups excluding carboxylic acids is 1. The number of rotatable bonds is 2. The largest absolute Gasteiger partial charge is 0.390 e. The van der Waals surface area contributed by atoms with Gasteiger partial charge in [0.05, 0.1) is 18.1 Å². The predicted molar refractivity (Wildman–Crippen MR) is 79.9 cm³/mol. The van der Waals surface area contributed by atoms with E-state index in [1.54, 1.807) is 0 Å². The highest BCUT2D eigenvalue weighted by atomic mass is 16.3. The van der Waals surface area contributed by atoms with Crippen LogP contribution in [0.4, 0.5) is 0 Å². The van der Waals surface area contributed by atoms with Crippen molar-refractivity contribution in [1.29, 1.82) is 0 Å². The van der Waals surface area contributed by atoms with E-state index in [9.17, 15) is 9.90 Å². The summed E-state index contributed by atoms with van der Waals surface area (Å²) in [5.74, 6) is -0.0457. The Balaban J connectivity index is 1.54. The van der Waals surface area contributed by atoms with Crippen molar-refractivity contribution in [3.05, 3.63) is 70.8 Å². The summed E-state index contributed by atoms with van der Waals surface area (Å²) < 4.78 is 0. The minimum Gasteiger partial charge on any atom is -0.390 e. The summed E-state index contributed by atoms with van der Waals surface area (Å²) in [5.41, 5.74) is 4.55. The Morgan fingerprint density at radius 3 is 2.29 bits per heavy atom. The van der Waals surface area contributed by atoms with Crippen molar-refractivity contribution in [2.24, 2.45) is 0 Å². The van der Waals surface area contributed by atoms with Crippen LogP contribution in [0, 0.1) is 0 Å². The van der Waals surface area contributed by atoms with Gasteiger partial charge in [0.15, 0.2) is 0 Å². The molecule has 4 rings (SSSR count). The van der Waals surface area contributed by atoms with Gasteiger partial charge >= 0.3 is 0 Å². The van der Waals surface area contributed by atoms with Gasteiger partial charge < -0.3 is 10.4 Å². The summed E-state index contributed by atoms with van der Waals surface area (Å²) in [6.07, 6.45) is 0.885. The Morgan fingerprint density at radius 2 is 1.57 bits per heavy atom. The van der Waals surface area contributed by atoms with Gasteiger partial charge in [0.1, 0.15) is 0 Å². The van der Waals surface area contributed by atoms with Gasteiger partial charge in [0, 0.05) is 6.42 Å². The van der Waals surface area contributed by atoms with E-state index in [1.807, 2.05) is 42.5 Å². The number of aliphatic hydroxyl groups is 1. The van der Waals surface area contributed by atoms with E-state index in [4.69, 9.17) is 0 Å². The first-order valence-corrected chi connectivity index (χ1v) is 7.38. The smallest absolute Gasteiger partial charge is 0.228 e. The minimum atomic E-state index is -0.526. The molecule has 2 aliphatic carbocycles. The Hall–Kier alpha value is -2.13. The highest BCUT2D eigenvalue weighted by Crippen LogP contribution is 2.37. The molecule has 0 aliphatic heterocycles. The summed E-state index contributed by atoms with van der Waals surface area (Å²) in [6, 6.07) is 15.7. The summed E-state index contributed by atoms with van der Waals surface area (Å²) in [5, 5.41) is 13.3. The number of hydrogen-bond donors (Lipinski definition) is 2. The molecule has 3 unspecified atom stereocenters. The molecule has 3 atom stereocenters. The standard InChI is InChI=1S/C18H17NO2/c20-16-10-12-6-2-4-8-14(12)17(16)19-18(21)15-9-11-5-1-3-7-13(11)15/h1-8,15-17,20H,9-10H2,(H,19,21). The van der Waals surface area contributed by atoms with Crippen LogP contribution < -0.4 is 5.32 Å². The summed E-state index contributed by atoms with van der Waals surface area (Å²) in [6.45, 7) is 0. The first-order chi connectivity index (χ1) is 10.2. The Kier molecular flexibility index (Phi) is 2.82. The number of carbonyl (C=O) groups is 1. The maximum Gasteiger partial charge on any atom is 0.228 e. The average molecular weight is 279 g/mol. The van der Waals surface area contributed by atoms with E-state index in [0.29, 0.717) is 6.42 Å². The van der Waals surface area contributed by atoms with Gasteiger partial charge in [-0.25, -0.2) is 0 Å². The maximum atomic E-state index is 12.5. The molecule has 3 heteroatoms. The minimum absolute atomic E-state index is 0.0226. The zero-order valence-electron chi connectivity index (χ0n) is 11.6. The van der Waals surface area contributed by atoms with E-state index < -0.39 is 6.10 Å². The number of aliphatic hydroxyl groups excluding tert-OH is 1. The van der Waals surface area contributed by atoms with Crippen molar-refractivity contribution in [2.45, 2.75) is 30.9 Å². The third-order valence-electron chi connectivity index (χ3n) is 4.67. The van der Waals surface area contributed by atoms with Crippen LogP contribution in [0.25, 0.3) is 0 Å². The fourth-order valence-electron chi connectivity index (χ4n) is 3.49. The van der Waals surface area contributed by atoms with Crippen molar-refractivity contribution >= 4 is 5.91 Å². The molecule has 2 aromatic rings. The topological polar surface area (TPSA) is 49.3 Å². The van der Waals surface area contributed by atoms with Crippen LogP contribution in [0.5, 0.6) is 0 Å². The van der Waals surface area contributed by atoms with Crippen LogP contribution >= 0.6 is 0 Å². The molecule has 2 N–H and O–H groups in total. The van der Waals surface area contributed by atoms with Gasteiger partial charge in [-0.3, -0.25) is 4.79 Å². The molecule has 0 saturated carbocycles.